The van der Waals surface area contributed by atoms with Gasteiger partial charge in [0.1, 0.15) is 5.60 Å². The van der Waals surface area contributed by atoms with Gasteiger partial charge in [-0.3, -0.25) is 4.79 Å². The Morgan fingerprint density at radius 2 is 1.82 bits per heavy atom. The number of amides is 3. The van der Waals surface area contributed by atoms with Crippen LogP contribution in [0.3, 0.4) is 0 Å². The smallest absolute Gasteiger partial charge is 0.434 e. The van der Waals surface area contributed by atoms with E-state index in [1.807, 2.05) is 0 Å². The number of hydrogen-bond acceptors (Lipinski definition) is 6. The molecule has 0 saturated heterocycles. The maximum Gasteiger partial charge on any atom is 0.434 e. The Hall–Kier alpha value is -3.25. The number of alkyl halides is 3. The number of halogens is 3. The Morgan fingerprint density at radius 3 is 2.39 bits per heavy atom. The highest BCUT2D eigenvalue weighted by Crippen LogP contribution is 2.57. The number of rotatable bonds is 7. The number of nitrogens with one attached hydrogen (secondary N) is 3. The van der Waals surface area contributed by atoms with E-state index in [0.717, 1.165) is 31.7 Å². The molecule has 1 aromatic heterocycles. The minimum Gasteiger partial charge on any atom is -0.453 e. The van der Waals surface area contributed by atoms with E-state index >= 15 is 0 Å². The summed E-state index contributed by atoms with van der Waals surface area (Å²) >= 11 is 0. The lowest BCUT2D eigenvalue weighted by atomic mass is 9.52. The van der Waals surface area contributed by atoms with Gasteiger partial charge in [0.15, 0.2) is 5.69 Å². The second-order valence-electron chi connectivity index (χ2n) is 11.1. The largest absolute Gasteiger partial charge is 0.453 e. The maximum absolute atomic E-state index is 14.1. The van der Waals surface area contributed by atoms with Crippen LogP contribution in [-0.4, -0.2) is 58.7 Å². The highest BCUT2D eigenvalue weighted by atomic mass is 19.4. The number of ether oxygens (including phenoxy) is 2. The van der Waals surface area contributed by atoms with Gasteiger partial charge in [-0.05, 0) is 76.7 Å². The predicted octanol–water partition coefficient (Wildman–Crippen LogP) is 3.93. The molecule has 2 unspecified atom stereocenters. The van der Waals surface area contributed by atoms with Crippen LogP contribution in [0.2, 0.25) is 0 Å². The van der Waals surface area contributed by atoms with Gasteiger partial charge < -0.3 is 25.4 Å². The molecule has 10 nitrogen and oxygen atoms in total. The Morgan fingerprint density at radius 1 is 1.16 bits per heavy atom. The van der Waals surface area contributed by atoms with Crippen LogP contribution in [0, 0.1) is 17.8 Å². The summed E-state index contributed by atoms with van der Waals surface area (Å²) in [6.45, 7) is 5.40. The first-order valence-corrected chi connectivity index (χ1v) is 12.7. The average molecular weight is 542 g/mol. The fraction of sp³-hybridized carbons (Fsp3) is 0.680. The first-order valence-electron chi connectivity index (χ1n) is 12.7. The highest BCUT2D eigenvalue weighted by Gasteiger charge is 2.58. The molecule has 4 aliphatic rings. The van der Waals surface area contributed by atoms with Gasteiger partial charge in [0.05, 0.1) is 24.4 Å². The van der Waals surface area contributed by atoms with E-state index in [1.165, 1.54) is 13.2 Å². The summed E-state index contributed by atoms with van der Waals surface area (Å²) in [6, 6.07) is -0.312. The second-order valence-corrected chi connectivity index (χ2v) is 11.1. The fourth-order valence-corrected chi connectivity index (χ4v) is 6.45. The third-order valence-electron chi connectivity index (χ3n) is 7.70. The molecule has 1 heterocycles. The zero-order chi connectivity index (χ0) is 27.9. The van der Waals surface area contributed by atoms with Gasteiger partial charge in [-0.15, -0.1) is 0 Å². The molecular formula is C25H34F3N5O5. The molecule has 13 heteroatoms. The zero-order valence-corrected chi connectivity index (χ0v) is 21.9. The maximum atomic E-state index is 14.1. The molecule has 4 bridgehead atoms. The molecule has 3 amide bonds. The molecular weight excluding hydrogens is 507 g/mol. The molecule has 4 aliphatic carbocycles. The normalized spacial score (nSPS) is 28.3. The Bertz CT molecular complexity index is 1100. The van der Waals surface area contributed by atoms with E-state index in [-0.39, 0.29) is 17.9 Å². The monoisotopic (exact) mass is 541 g/mol. The molecule has 210 valence electrons. The summed E-state index contributed by atoms with van der Waals surface area (Å²) in [5.41, 5.74) is -3.42. The lowest BCUT2D eigenvalue weighted by molar-refractivity contribution is -0.143. The molecule has 4 fully saturated rings. The predicted molar refractivity (Wildman–Crippen MR) is 130 cm³/mol. The molecule has 38 heavy (non-hydrogen) atoms. The minimum absolute atomic E-state index is 0.00843. The zero-order valence-electron chi connectivity index (χ0n) is 21.9. The number of carbonyl (C=O) groups is 3. The quantitative estimate of drug-likeness (QED) is 0.481. The van der Waals surface area contributed by atoms with Gasteiger partial charge in [-0.1, -0.05) is 0 Å². The molecule has 3 N–H and O–H groups in total. The summed E-state index contributed by atoms with van der Waals surface area (Å²) in [7, 11) is 1.18. The van der Waals surface area contributed by atoms with Gasteiger partial charge in [-0.2, -0.15) is 18.3 Å². The Labute approximate surface area is 218 Å². The van der Waals surface area contributed by atoms with Crippen LogP contribution < -0.4 is 16.0 Å². The van der Waals surface area contributed by atoms with Crippen molar-refractivity contribution in [2.45, 2.75) is 76.2 Å². The fourth-order valence-electron chi connectivity index (χ4n) is 6.45. The summed E-state index contributed by atoms with van der Waals surface area (Å²) in [5.74, 6) is -0.473. The topological polar surface area (TPSA) is 124 Å². The second kappa shape index (κ2) is 10.1. The molecule has 1 aromatic rings. The van der Waals surface area contributed by atoms with Crippen molar-refractivity contribution in [3.63, 3.8) is 0 Å². The van der Waals surface area contributed by atoms with Gasteiger partial charge in [0, 0.05) is 18.8 Å². The first kappa shape index (κ1) is 27.8. The number of nitrogens with zero attached hydrogens (tertiary/aromatic N) is 2. The van der Waals surface area contributed by atoms with Crippen molar-refractivity contribution < 1.29 is 37.0 Å². The van der Waals surface area contributed by atoms with Gasteiger partial charge in [-0.25, -0.2) is 14.3 Å². The van der Waals surface area contributed by atoms with Crippen LogP contribution in [0.15, 0.2) is 12.3 Å². The van der Waals surface area contributed by atoms with Gasteiger partial charge in [0.25, 0.3) is 5.91 Å². The lowest BCUT2D eigenvalue weighted by Crippen LogP contribution is -2.63. The molecule has 0 radical (unpaired) electrons. The van der Waals surface area contributed by atoms with E-state index < -0.39 is 46.7 Å². The number of carbonyl (C=O) groups excluding carboxylic acids is 3. The van der Waals surface area contributed by atoms with Crippen LogP contribution in [0.4, 0.5) is 22.8 Å². The van der Waals surface area contributed by atoms with Crippen LogP contribution >= 0.6 is 0 Å². The SMILES string of the molecule is CCNC(=O)O[C@]12CC3CC(C1)[C@@H](NC(=O)c1cnn(/C=C/C(C)(C)NC(=O)OC)c1C(F)(F)F)C(C3)C2. The first-order chi connectivity index (χ1) is 17.8. The number of methoxy groups -OCH3 is 1. The van der Waals surface area contributed by atoms with Crippen molar-refractivity contribution in [1.82, 2.24) is 25.7 Å². The van der Waals surface area contributed by atoms with Crippen molar-refractivity contribution in [2.75, 3.05) is 13.7 Å². The molecule has 5 rings (SSSR count). The van der Waals surface area contributed by atoms with Crippen molar-refractivity contribution >= 4 is 24.3 Å². The van der Waals surface area contributed by atoms with E-state index in [4.69, 9.17) is 4.74 Å². The molecule has 0 aliphatic heterocycles. The summed E-state index contributed by atoms with van der Waals surface area (Å²) < 4.78 is 53.1. The molecule has 4 saturated carbocycles. The number of aromatic nitrogens is 2. The Balaban J connectivity index is 1.51. The third-order valence-corrected chi connectivity index (χ3v) is 7.70. The van der Waals surface area contributed by atoms with E-state index in [9.17, 15) is 27.6 Å². The minimum atomic E-state index is -4.86. The van der Waals surface area contributed by atoms with Crippen LogP contribution in [0.1, 0.15) is 68.9 Å². The lowest BCUT2D eigenvalue weighted by Gasteiger charge is -2.59. The summed E-state index contributed by atoms with van der Waals surface area (Å²) in [5, 5.41) is 11.8. The average Bonchev–Trinajstić information content (AvgIpc) is 3.24. The van der Waals surface area contributed by atoms with E-state index in [0.29, 0.717) is 30.0 Å². The summed E-state index contributed by atoms with van der Waals surface area (Å²) in [6.07, 6.45) is 0.784. The van der Waals surface area contributed by atoms with Crippen LogP contribution in [0.5, 0.6) is 0 Å². The highest BCUT2D eigenvalue weighted by molar-refractivity contribution is 5.95. The van der Waals surface area contributed by atoms with Gasteiger partial charge in [0.2, 0.25) is 0 Å². The van der Waals surface area contributed by atoms with Crippen molar-refractivity contribution in [3.8, 4) is 0 Å². The number of hydrogen-bond donors (Lipinski definition) is 3. The van der Waals surface area contributed by atoms with Gasteiger partial charge >= 0.3 is 18.4 Å². The van der Waals surface area contributed by atoms with Crippen molar-refractivity contribution in [2.24, 2.45) is 17.8 Å². The van der Waals surface area contributed by atoms with Crippen molar-refractivity contribution in [1.29, 1.82) is 0 Å². The molecule has 0 aromatic carbocycles. The number of alkyl carbamates (subject to hydrolysis) is 2. The standard InChI is InChI=1S/C25H34F3N5O5/c1-5-29-21(35)38-24-10-14-8-15(11-24)18(16(9-14)12-24)31-20(34)17-13-30-33(19(17)25(26,27)28)7-6-23(2,3)32-22(36)37-4/h6-7,13-16,18H,5,8-12H2,1-4H3,(H,29,35)(H,31,34)(H,32,36)/b7-6+/t14?,15?,16?,18-,24-. The van der Waals surface area contributed by atoms with E-state index in [1.54, 1.807) is 20.8 Å². The third kappa shape index (κ3) is 5.75. The van der Waals surface area contributed by atoms with Crippen LogP contribution in [-0.2, 0) is 15.7 Å². The Kier molecular flexibility index (Phi) is 7.41. The van der Waals surface area contributed by atoms with Crippen LogP contribution in [0.25, 0.3) is 6.20 Å². The molecule has 2 atom stereocenters. The summed E-state index contributed by atoms with van der Waals surface area (Å²) in [4.78, 5) is 36.8. The molecule has 0 spiro atoms. The van der Waals surface area contributed by atoms with E-state index in [2.05, 4.69) is 25.8 Å². The van der Waals surface area contributed by atoms with Crippen molar-refractivity contribution in [3.05, 3.63) is 23.5 Å².